The molecule has 0 atom stereocenters. The lowest BCUT2D eigenvalue weighted by Gasteiger charge is -2.07. The normalized spacial score (nSPS) is 11.2. The first-order valence-corrected chi connectivity index (χ1v) is 10.7. The van der Waals surface area contributed by atoms with E-state index in [-0.39, 0.29) is 5.97 Å². The number of hydrogen-bond donors (Lipinski definition) is 0. The van der Waals surface area contributed by atoms with Crippen molar-refractivity contribution < 1.29 is 9.53 Å². The predicted octanol–water partition coefficient (Wildman–Crippen LogP) is 6.14. The molecule has 0 aliphatic carbocycles. The molecule has 152 valence electrons. The molecule has 0 saturated carbocycles. The van der Waals surface area contributed by atoms with Gasteiger partial charge in [0.15, 0.2) is 5.65 Å². The molecule has 0 radical (unpaired) electrons. The number of imidazole rings is 1. The minimum atomic E-state index is -0.368. The van der Waals surface area contributed by atoms with E-state index in [4.69, 9.17) is 21.3 Å². The average Bonchev–Trinajstić information content (AvgIpc) is 3.19. The van der Waals surface area contributed by atoms with Crippen LogP contribution < -0.4 is 0 Å². The van der Waals surface area contributed by atoms with E-state index >= 15 is 0 Å². The zero-order valence-electron chi connectivity index (χ0n) is 16.4. The fraction of sp³-hybridized carbons (Fsp3) is 0.0417. The Kier molecular flexibility index (Phi) is 5.10. The first-order valence-electron chi connectivity index (χ1n) is 9.52. The number of methoxy groups -OCH3 is 1. The number of pyridine rings is 2. The van der Waals surface area contributed by atoms with E-state index in [0.717, 1.165) is 37.7 Å². The summed E-state index contributed by atoms with van der Waals surface area (Å²) in [6.45, 7) is 0. The van der Waals surface area contributed by atoms with Gasteiger partial charge in [-0.25, -0.2) is 9.78 Å². The highest BCUT2D eigenvalue weighted by Gasteiger charge is 2.18. The monoisotopic (exact) mass is 445 g/mol. The fourth-order valence-electron chi connectivity index (χ4n) is 3.40. The molecule has 5 rings (SSSR count). The van der Waals surface area contributed by atoms with Crippen molar-refractivity contribution in [2.45, 2.75) is 9.92 Å². The molecule has 0 aliphatic rings. The van der Waals surface area contributed by atoms with Gasteiger partial charge in [-0.1, -0.05) is 41.6 Å². The second-order valence-electron chi connectivity index (χ2n) is 6.84. The van der Waals surface area contributed by atoms with Crippen molar-refractivity contribution in [2.75, 3.05) is 7.11 Å². The van der Waals surface area contributed by atoms with Gasteiger partial charge in [-0.05, 0) is 48.5 Å². The summed E-state index contributed by atoms with van der Waals surface area (Å²) in [7, 11) is 1.37. The molecule has 0 unspecified atom stereocenters. The molecule has 0 amide bonds. The number of esters is 1. The number of ether oxygens (including phenoxy) is 1. The van der Waals surface area contributed by atoms with Crippen LogP contribution in [0.15, 0.2) is 89.0 Å². The van der Waals surface area contributed by atoms with E-state index in [2.05, 4.69) is 9.38 Å². The largest absolute Gasteiger partial charge is 0.465 e. The van der Waals surface area contributed by atoms with Crippen LogP contribution in [0.2, 0.25) is 5.02 Å². The zero-order valence-corrected chi connectivity index (χ0v) is 18.0. The van der Waals surface area contributed by atoms with E-state index in [1.54, 1.807) is 30.1 Å². The Morgan fingerprint density at radius 2 is 1.81 bits per heavy atom. The number of aromatic nitrogens is 3. The van der Waals surface area contributed by atoms with Crippen LogP contribution in [0, 0.1) is 0 Å². The summed E-state index contributed by atoms with van der Waals surface area (Å²) in [4.78, 5) is 22.4. The molecular formula is C24H16ClN3O2S. The van der Waals surface area contributed by atoms with Crippen LogP contribution in [-0.4, -0.2) is 27.4 Å². The Hall–Kier alpha value is -3.35. The van der Waals surface area contributed by atoms with Gasteiger partial charge in [-0.15, -0.1) is 0 Å². The third kappa shape index (κ3) is 3.65. The minimum absolute atomic E-state index is 0.368. The predicted molar refractivity (Wildman–Crippen MR) is 123 cm³/mol. The van der Waals surface area contributed by atoms with Gasteiger partial charge < -0.3 is 4.74 Å². The zero-order chi connectivity index (χ0) is 21.4. The van der Waals surface area contributed by atoms with Crippen molar-refractivity contribution in [3.63, 3.8) is 0 Å². The van der Waals surface area contributed by atoms with Crippen molar-refractivity contribution in [1.29, 1.82) is 0 Å². The number of nitrogens with zero attached hydrogens (tertiary/aromatic N) is 3. The van der Waals surface area contributed by atoms with Crippen molar-refractivity contribution in [2.24, 2.45) is 0 Å². The summed E-state index contributed by atoms with van der Waals surface area (Å²) in [6.07, 6.45) is 3.78. The van der Waals surface area contributed by atoms with Crippen LogP contribution in [0.1, 0.15) is 10.4 Å². The maximum absolute atomic E-state index is 11.8. The Balaban J connectivity index is 1.70. The van der Waals surface area contributed by atoms with E-state index in [1.807, 2.05) is 60.8 Å². The smallest absolute Gasteiger partial charge is 0.337 e. The molecule has 3 aromatic heterocycles. The van der Waals surface area contributed by atoms with Crippen molar-refractivity contribution in [3.8, 4) is 11.3 Å². The molecule has 0 spiro atoms. The average molecular weight is 446 g/mol. The number of carbonyl (C=O) groups is 1. The molecule has 0 N–H and O–H groups in total. The summed E-state index contributed by atoms with van der Waals surface area (Å²) < 4.78 is 6.86. The highest BCUT2D eigenvalue weighted by molar-refractivity contribution is 7.99. The Morgan fingerprint density at radius 3 is 2.55 bits per heavy atom. The summed E-state index contributed by atoms with van der Waals surface area (Å²) in [6, 6.07) is 20.9. The van der Waals surface area contributed by atoms with Gasteiger partial charge in [0.2, 0.25) is 0 Å². The standard InChI is InChI=1S/C24H16ClN3O2S/c1-30-24(29)17-6-4-16(5-7-17)21-23(31-19-10-8-18(25)9-11-19)28-14-12-15-3-2-13-26-20(15)22(28)27-21/h2-14H,1H3. The number of hydrogen-bond acceptors (Lipinski definition) is 5. The fourth-order valence-corrected chi connectivity index (χ4v) is 4.53. The molecule has 0 fully saturated rings. The molecule has 5 nitrogen and oxygen atoms in total. The van der Waals surface area contributed by atoms with Gasteiger partial charge in [-0.3, -0.25) is 9.38 Å². The lowest BCUT2D eigenvalue weighted by molar-refractivity contribution is 0.0601. The molecule has 31 heavy (non-hydrogen) atoms. The first-order chi connectivity index (χ1) is 15.1. The van der Waals surface area contributed by atoms with Crippen LogP contribution in [0.5, 0.6) is 0 Å². The number of fused-ring (bicyclic) bond motifs is 3. The van der Waals surface area contributed by atoms with Crippen molar-refractivity contribution >= 4 is 45.9 Å². The van der Waals surface area contributed by atoms with Gasteiger partial charge >= 0.3 is 5.97 Å². The minimum Gasteiger partial charge on any atom is -0.465 e. The lowest BCUT2D eigenvalue weighted by Crippen LogP contribution is -2.00. The number of benzene rings is 2. The summed E-state index contributed by atoms with van der Waals surface area (Å²) in [5, 5.41) is 2.67. The van der Waals surface area contributed by atoms with E-state index in [1.165, 1.54) is 7.11 Å². The molecule has 2 aromatic carbocycles. The molecular weight excluding hydrogens is 430 g/mol. The SMILES string of the molecule is COC(=O)c1ccc(-c2nc3c4ncccc4ccn3c2Sc2ccc(Cl)cc2)cc1. The quantitative estimate of drug-likeness (QED) is 0.311. The van der Waals surface area contributed by atoms with Crippen molar-refractivity contribution in [3.05, 3.63) is 89.7 Å². The van der Waals surface area contributed by atoms with Gasteiger partial charge in [-0.2, -0.15) is 0 Å². The summed E-state index contributed by atoms with van der Waals surface area (Å²) in [5.74, 6) is -0.368. The highest BCUT2D eigenvalue weighted by atomic mass is 35.5. The van der Waals surface area contributed by atoms with Crippen LogP contribution in [-0.2, 0) is 4.74 Å². The van der Waals surface area contributed by atoms with Gasteiger partial charge in [0, 0.05) is 33.3 Å². The second-order valence-corrected chi connectivity index (χ2v) is 8.34. The van der Waals surface area contributed by atoms with Gasteiger partial charge in [0.1, 0.15) is 16.2 Å². The third-order valence-corrected chi connectivity index (χ3v) is 6.27. The Morgan fingerprint density at radius 1 is 1.03 bits per heavy atom. The Bertz CT molecular complexity index is 1410. The molecule has 3 heterocycles. The summed E-state index contributed by atoms with van der Waals surface area (Å²) >= 11 is 7.66. The van der Waals surface area contributed by atoms with Crippen LogP contribution in [0.3, 0.4) is 0 Å². The maximum atomic E-state index is 11.8. The molecule has 0 bridgehead atoms. The van der Waals surface area contributed by atoms with Crippen LogP contribution >= 0.6 is 23.4 Å². The van der Waals surface area contributed by atoms with E-state index < -0.39 is 0 Å². The van der Waals surface area contributed by atoms with Crippen LogP contribution in [0.4, 0.5) is 0 Å². The maximum Gasteiger partial charge on any atom is 0.337 e. The van der Waals surface area contributed by atoms with Crippen LogP contribution in [0.25, 0.3) is 27.8 Å². The molecule has 0 saturated heterocycles. The highest BCUT2D eigenvalue weighted by Crippen LogP contribution is 2.38. The molecule has 7 heteroatoms. The molecule has 0 aliphatic heterocycles. The lowest BCUT2D eigenvalue weighted by atomic mass is 10.1. The van der Waals surface area contributed by atoms with Crippen molar-refractivity contribution in [1.82, 2.24) is 14.4 Å². The first kappa shape index (κ1) is 19.6. The number of halogens is 1. The number of rotatable bonds is 4. The van der Waals surface area contributed by atoms with Gasteiger partial charge in [0.25, 0.3) is 0 Å². The molecule has 5 aromatic rings. The number of carbonyl (C=O) groups excluding carboxylic acids is 1. The van der Waals surface area contributed by atoms with Gasteiger partial charge in [0.05, 0.1) is 12.7 Å². The van der Waals surface area contributed by atoms with E-state index in [9.17, 15) is 4.79 Å². The summed E-state index contributed by atoms with van der Waals surface area (Å²) in [5.41, 5.74) is 3.82. The topological polar surface area (TPSA) is 56.5 Å². The Labute approximate surface area is 187 Å². The van der Waals surface area contributed by atoms with E-state index in [0.29, 0.717) is 10.6 Å². The third-order valence-electron chi connectivity index (χ3n) is 4.93. The second kappa shape index (κ2) is 8.06.